The molecule has 1 unspecified atom stereocenters. The number of aryl methyl sites for hydroxylation is 1. The van der Waals surface area contributed by atoms with Crippen molar-refractivity contribution in [2.24, 2.45) is 0 Å². The van der Waals surface area contributed by atoms with Crippen molar-refractivity contribution in [1.29, 1.82) is 0 Å². The van der Waals surface area contributed by atoms with Gasteiger partial charge in [0.25, 0.3) is 22.4 Å². The van der Waals surface area contributed by atoms with E-state index in [4.69, 9.17) is 18.2 Å². The first-order valence-corrected chi connectivity index (χ1v) is 18.6. The smallest absolute Gasteiger partial charge is 0.330 e. The standard InChI is InChI=1S/C33H44N3O6PSi/c1-23-21-35(31(38)34-30(23)37)29-20-26(41-43-36-19-13-18-28(36)33(5,6)42-43)27(40-29)22-39-44(32(2,3)4,24-14-9-7-10-15-24)25-16-11-8-12-17-25/h7-12,14-17,21,26-29H,13,18-20,22H2,1-6H3,(H,34,37,38)/t26-,27+,28-,29+,43?/m0/s1. The molecule has 0 radical (unpaired) electrons. The molecular weight excluding hydrogens is 593 g/mol. The van der Waals surface area contributed by atoms with E-state index in [9.17, 15) is 9.59 Å². The summed E-state index contributed by atoms with van der Waals surface area (Å²) in [5, 5.41) is 2.16. The van der Waals surface area contributed by atoms with Gasteiger partial charge < -0.3 is 18.2 Å². The molecule has 0 amide bonds. The predicted molar refractivity (Wildman–Crippen MR) is 175 cm³/mol. The average molecular weight is 638 g/mol. The molecule has 3 saturated heterocycles. The summed E-state index contributed by atoms with van der Waals surface area (Å²) in [4.78, 5) is 27.5. The maximum atomic E-state index is 12.9. The number of hydrogen-bond donors (Lipinski definition) is 1. The summed E-state index contributed by atoms with van der Waals surface area (Å²) in [6.45, 7) is 13.9. The van der Waals surface area contributed by atoms with Crippen molar-refractivity contribution in [1.82, 2.24) is 14.2 Å². The highest BCUT2D eigenvalue weighted by Crippen LogP contribution is 2.61. The van der Waals surface area contributed by atoms with Gasteiger partial charge in [0.15, 0.2) is 0 Å². The largest absolute Gasteiger partial charge is 0.405 e. The van der Waals surface area contributed by atoms with E-state index in [2.05, 4.69) is 92.8 Å². The number of hydrogen-bond acceptors (Lipinski definition) is 7. The van der Waals surface area contributed by atoms with Crippen LogP contribution in [-0.2, 0) is 18.2 Å². The number of rotatable bonds is 8. The Bertz CT molecular complexity index is 1530. The molecule has 3 fully saturated rings. The topological polar surface area (TPSA) is 95.0 Å². The molecule has 0 bridgehead atoms. The molecule has 3 aliphatic heterocycles. The van der Waals surface area contributed by atoms with Gasteiger partial charge in [0.2, 0.25) is 0 Å². The maximum Gasteiger partial charge on any atom is 0.330 e. The average Bonchev–Trinajstić information content (AvgIpc) is 3.69. The van der Waals surface area contributed by atoms with Gasteiger partial charge in [0.05, 0.1) is 18.3 Å². The molecule has 5 atom stereocenters. The summed E-state index contributed by atoms with van der Waals surface area (Å²) in [5.41, 5.74) is -0.743. The molecule has 1 aromatic heterocycles. The quantitative estimate of drug-likeness (QED) is 0.285. The summed E-state index contributed by atoms with van der Waals surface area (Å²) >= 11 is 0. The van der Waals surface area contributed by atoms with Gasteiger partial charge in [-0.25, -0.2) is 9.46 Å². The zero-order chi connectivity index (χ0) is 31.3. The third kappa shape index (κ3) is 5.71. The first-order valence-electron chi connectivity index (χ1n) is 15.6. The van der Waals surface area contributed by atoms with Crippen molar-refractivity contribution in [3.63, 3.8) is 0 Å². The molecule has 0 saturated carbocycles. The van der Waals surface area contributed by atoms with Gasteiger partial charge in [-0.2, -0.15) is 0 Å². The van der Waals surface area contributed by atoms with Crippen LogP contribution in [-0.4, -0.2) is 59.5 Å². The molecular formula is C33H44N3O6PSi. The minimum Gasteiger partial charge on any atom is -0.405 e. The lowest BCUT2D eigenvalue weighted by molar-refractivity contribution is -0.0401. The fourth-order valence-corrected chi connectivity index (χ4v) is 13.8. The summed E-state index contributed by atoms with van der Waals surface area (Å²) < 4.78 is 31.1. The lowest BCUT2D eigenvalue weighted by Gasteiger charge is -2.43. The Kier molecular flexibility index (Phi) is 8.65. The van der Waals surface area contributed by atoms with Crippen molar-refractivity contribution >= 4 is 27.2 Å². The second-order valence-electron chi connectivity index (χ2n) is 13.7. The van der Waals surface area contributed by atoms with Crippen LogP contribution in [0.3, 0.4) is 0 Å². The zero-order valence-corrected chi connectivity index (χ0v) is 28.4. The van der Waals surface area contributed by atoms with E-state index < -0.39 is 40.4 Å². The van der Waals surface area contributed by atoms with Gasteiger partial charge in [-0.05, 0) is 49.0 Å². The first kappa shape index (κ1) is 31.5. The summed E-state index contributed by atoms with van der Waals surface area (Å²) in [5.74, 6) is 0. The van der Waals surface area contributed by atoms with E-state index in [1.165, 1.54) is 14.9 Å². The number of ether oxygens (including phenoxy) is 1. The van der Waals surface area contributed by atoms with Crippen LogP contribution in [0.4, 0.5) is 0 Å². The Morgan fingerprint density at radius 2 is 1.68 bits per heavy atom. The molecule has 6 rings (SSSR count). The van der Waals surface area contributed by atoms with Gasteiger partial charge in [0, 0.05) is 30.8 Å². The molecule has 0 spiro atoms. The fourth-order valence-electron chi connectivity index (χ4n) is 7.07. The summed E-state index contributed by atoms with van der Waals surface area (Å²) in [6, 6.07) is 21.4. The molecule has 0 aliphatic carbocycles. The van der Waals surface area contributed by atoms with Crippen LogP contribution in [0.15, 0.2) is 76.4 Å². The molecule has 11 heteroatoms. The van der Waals surface area contributed by atoms with Gasteiger partial charge in [-0.15, -0.1) is 0 Å². The van der Waals surface area contributed by atoms with Crippen LogP contribution in [0.2, 0.25) is 5.04 Å². The first-order chi connectivity index (χ1) is 20.9. The highest BCUT2D eigenvalue weighted by Gasteiger charge is 2.55. The van der Waals surface area contributed by atoms with E-state index in [1.807, 2.05) is 12.1 Å². The number of nitrogens with zero attached hydrogens (tertiary/aromatic N) is 2. The lowest BCUT2D eigenvalue weighted by Crippen LogP contribution is -2.67. The Morgan fingerprint density at radius 1 is 1.05 bits per heavy atom. The van der Waals surface area contributed by atoms with Crippen LogP contribution >= 0.6 is 8.53 Å². The highest BCUT2D eigenvalue weighted by atomic mass is 31.2. The lowest BCUT2D eigenvalue weighted by atomic mass is 9.98. The Balaban J connectivity index is 1.35. The summed E-state index contributed by atoms with van der Waals surface area (Å²) in [6.07, 6.45) is 2.76. The molecule has 1 N–H and O–H groups in total. The van der Waals surface area contributed by atoms with Gasteiger partial charge in [-0.1, -0.05) is 81.4 Å². The predicted octanol–water partition coefficient (Wildman–Crippen LogP) is 4.59. The van der Waals surface area contributed by atoms with Crippen molar-refractivity contribution in [3.8, 4) is 0 Å². The molecule has 9 nitrogen and oxygen atoms in total. The third-order valence-corrected chi connectivity index (χ3v) is 16.3. The van der Waals surface area contributed by atoms with Crippen LogP contribution in [0.1, 0.15) is 65.7 Å². The van der Waals surface area contributed by atoms with Crippen LogP contribution < -0.4 is 21.6 Å². The second kappa shape index (κ2) is 12.1. The number of H-pyrrole nitrogens is 1. The number of benzene rings is 2. The SMILES string of the molecule is Cc1cn([C@H]2C[C@H](OP3OC(C)(C)[C@@H]4CCCN43)[C@@H](CO[Si](c3ccccc3)(c3ccccc3)C(C)(C)C)O2)c(=O)[nH]c1=O. The molecule has 3 aliphatic rings. The van der Waals surface area contributed by atoms with Crippen molar-refractivity contribution in [2.45, 2.75) is 95.9 Å². The maximum absolute atomic E-state index is 12.9. The number of aromatic amines is 1. The molecule has 3 aromatic rings. The van der Waals surface area contributed by atoms with Gasteiger partial charge >= 0.3 is 5.69 Å². The third-order valence-electron chi connectivity index (χ3n) is 9.29. The minimum absolute atomic E-state index is 0.206. The van der Waals surface area contributed by atoms with Crippen molar-refractivity contribution in [2.75, 3.05) is 13.2 Å². The number of fused-ring (bicyclic) bond motifs is 1. The fraction of sp³-hybridized carbons (Fsp3) is 0.515. The van der Waals surface area contributed by atoms with Crippen molar-refractivity contribution < 1.29 is 18.2 Å². The second-order valence-corrected chi connectivity index (χ2v) is 19.4. The van der Waals surface area contributed by atoms with Crippen LogP contribution in [0.5, 0.6) is 0 Å². The van der Waals surface area contributed by atoms with Crippen LogP contribution in [0.25, 0.3) is 0 Å². The molecule has 236 valence electrons. The van der Waals surface area contributed by atoms with E-state index in [0.717, 1.165) is 19.4 Å². The van der Waals surface area contributed by atoms with E-state index in [0.29, 0.717) is 18.0 Å². The Morgan fingerprint density at radius 3 is 2.30 bits per heavy atom. The van der Waals surface area contributed by atoms with Crippen LogP contribution in [0, 0.1) is 6.92 Å². The highest BCUT2D eigenvalue weighted by molar-refractivity contribution is 7.45. The Hall–Kier alpha value is -2.43. The van der Waals surface area contributed by atoms with E-state index in [-0.39, 0.29) is 23.4 Å². The number of aromatic nitrogens is 2. The van der Waals surface area contributed by atoms with Gasteiger partial charge in [-0.3, -0.25) is 14.3 Å². The molecule has 44 heavy (non-hydrogen) atoms. The summed E-state index contributed by atoms with van der Waals surface area (Å²) in [7, 11) is -4.15. The van der Waals surface area contributed by atoms with Crippen molar-refractivity contribution in [3.05, 3.63) is 93.3 Å². The molecule has 2 aromatic carbocycles. The zero-order valence-electron chi connectivity index (χ0n) is 26.5. The Labute approximate surface area is 261 Å². The number of nitrogens with one attached hydrogen (secondary N) is 1. The van der Waals surface area contributed by atoms with E-state index >= 15 is 0 Å². The van der Waals surface area contributed by atoms with E-state index in [1.54, 1.807) is 13.1 Å². The monoisotopic (exact) mass is 637 g/mol. The normalized spacial score (nSPS) is 27.1. The minimum atomic E-state index is -2.85. The molecule has 4 heterocycles. The van der Waals surface area contributed by atoms with Gasteiger partial charge in [0.1, 0.15) is 12.3 Å².